The molecule has 10 nitrogen and oxygen atoms in total. The van der Waals surface area contributed by atoms with E-state index in [1.807, 2.05) is 0 Å². The van der Waals surface area contributed by atoms with E-state index in [9.17, 15) is 25.0 Å². The van der Waals surface area contributed by atoms with Gasteiger partial charge in [0.25, 0.3) is 11.4 Å². The van der Waals surface area contributed by atoms with Crippen LogP contribution in [0, 0.1) is 20.2 Å². The number of nitrogens with zero attached hydrogens (tertiary/aromatic N) is 2. The van der Waals surface area contributed by atoms with Crippen molar-refractivity contribution in [2.24, 2.45) is 11.5 Å². The first-order valence-corrected chi connectivity index (χ1v) is 6.96. The zero-order valence-corrected chi connectivity index (χ0v) is 12.8. The summed E-state index contributed by atoms with van der Waals surface area (Å²) in [6, 6.07) is 11.3. The molecular weight excluding hydrogens is 332 g/mol. The average Bonchev–Trinajstić information content (AvgIpc) is 2.59. The maximum absolute atomic E-state index is 12.2. The molecule has 2 aromatic carbocycles. The van der Waals surface area contributed by atoms with Gasteiger partial charge in [-0.2, -0.15) is 0 Å². The zero-order chi connectivity index (χ0) is 18.6. The van der Waals surface area contributed by atoms with Crippen molar-refractivity contribution in [3.05, 3.63) is 79.9 Å². The topological polar surface area (TPSA) is 165 Å². The largest absolute Gasteiger partial charge is 0.458 e. The van der Waals surface area contributed by atoms with Gasteiger partial charge in [-0.15, -0.1) is 0 Å². The molecule has 25 heavy (non-hydrogen) atoms. The summed E-state index contributed by atoms with van der Waals surface area (Å²) < 4.78 is 4.93. The summed E-state index contributed by atoms with van der Waals surface area (Å²) in [5.41, 5.74) is 8.38. The van der Waals surface area contributed by atoms with Crippen LogP contribution >= 0.6 is 0 Å². The van der Waals surface area contributed by atoms with E-state index in [0.29, 0.717) is 0 Å². The summed E-state index contributed by atoms with van der Waals surface area (Å²) in [7, 11) is 0. The monoisotopic (exact) mass is 346 g/mol. The van der Waals surface area contributed by atoms with Gasteiger partial charge in [0, 0.05) is 12.1 Å². The second-order valence-electron chi connectivity index (χ2n) is 5.10. The summed E-state index contributed by atoms with van der Waals surface area (Å²) in [5.74, 6) is -1.08. The first-order chi connectivity index (χ1) is 11.7. The highest BCUT2D eigenvalue weighted by Gasteiger charge is 2.34. The Bertz CT molecular complexity index is 790. The van der Waals surface area contributed by atoms with Crippen molar-refractivity contribution in [3.8, 4) is 0 Å². The molecule has 0 fully saturated rings. The number of carbonyl (C=O) groups is 1. The fourth-order valence-corrected chi connectivity index (χ4v) is 2.14. The van der Waals surface area contributed by atoms with Crippen molar-refractivity contribution in [2.75, 3.05) is 0 Å². The lowest BCUT2D eigenvalue weighted by molar-refractivity contribution is -0.396. The molecule has 2 aromatic rings. The number of hydrogen-bond donors (Lipinski definition) is 2. The summed E-state index contributed by atoms with van der Waals surface area (Å²) >= 11 is 0. The Kier molecular flexibility index (Phi) is 5.05. The minimum absolute atomic E-state index is 0.261. The van der Waals surface area contributed by atoms with Gasteiger partial charge in [0.2, 0.25) is 0 Å². The second-order valence-corrected chi connectivity index (χ2v) is 5.10. The van der Waals surface area contributed by atoms with Crippen LogP contribution in [0.4, 0.5) is 11.4 Å². The number of nitro groups is 2. The Morgan fingerprint density at radius 2 is 1.48 bits per heavy atom. The van der Waals surface area contributed by atoms with Crippen molar-refractivity contribution in [3.63, 3.8) is 0 Å². The summed E-state index contributed by atoms with van der Waals surface area (Å²) in [5, 5.41) is 22.1. The van der Waals surface area contributed by atoms with Gasteiger partial charge in [-0.25, -0.2) is 4.79 Å². The standard InChI is InChI=1S/C15H14N4O6/c16-15(17,10-5-2-1-3-6-10)14(20)25-9-11-12(18(21)22)7-4-8-13(11)19(23)24/h1-8H,9,16-17H2. The molecule has 0 spiro atoms. The number of nitrogens with two attached hydrogens (primary N) is 2. The van der Waals surface area contributed by atoms with E-state index < -0.39 is 39.5 Å². The highest BCUT2D eigenvalue weighted by molar-refractivity contribution is 5.81. The highest BCUT2D eigenvalue weighted by Crippen LogP contribution is 2.29. The molecule has 130 valence electrons. The highest BCUT2D eigenvalue weighted by atomic mass is 16.6. The molecule has 0 aromatic heterocycles. The van der Waals surface area contributed by atoms with Gasteiger partial charge >= 0.3 is 5.97 Å². The van der Waals surface area contributed by atoms with Gasteiger partial charge in [0.1, 0.15) is 12.2 Å². The third-order valence-corrected chi connectivity index (χ3v) is 3.46. The number of esters is 1. The zero-order valence-electron chi connectivity index (χ0n) is 12.8. The summed E-state index contributed by atoms with van der Waals surface area (Å²) in [6.07, 6.45) is 0. The smallest absolute Gasteiger partial charge is 0.346 e. The Morgan fingerprint density at radius 1 is 0.960 bits per heavy atom. The van der Waals surface area contributed by atoms with Crippen LogP contribution in [-0.4, -0.2) is 15.8 Å². The fraction of sp³-hybridized carbons (Fsp3) is 0.133. The number of carbonyl (C=O) groups excluding carboxylic acids is 1. The first kappa shape index (κ1) is 18.0. The number of hydrogen-bond acceptors (Lipinski definition) is 8. The third kappa shape index (κ3) is 3.76. The van der Waals surface area contributed by atoms with E-state index in [-0.39, 0.29) is 11.1 Å². The molecule has 2 rings (SSSR count). The normalized spacial score (nSPS) is 11.0. The molecule has 0 unspecified atom stereocenters. The number of ether oxygens (including phenoxy) is 1. The van der Waals surface area contributed by atoms with Crippen LogP contribution in [0.5, 0.6) is 0 Å². The van der Waals surface area contributed by atoms with Gasteiger partial charge in [-0.1, -0.05) is 30.3 Å². The number of rotatable bonds is 6. The van der Waals surface area contributed by atoms with Crippen molar-refractivity contribution in [1.82, 2.24) is 0 Å². The van der Waals surface area contributed by atoms with Crippen LogP contribution in [0.3, 0.4) is 0 Å². The Morgan fingerprint density at radius 3 is 1.96 bits per heavy atom. The number of benzene rings is 2. The average molecular weight is 346 g/mol. The molecule has 0 amide bonds. The Balaban J connectivity index is 2.28. The second kappa shape index (κ2) is 7.03. The Labute approximate surface area is 141 Å². The quantitative estimate of drug-likeness (QED) is 0.342. The van der Waals surface area contributed by atoms with Crippen molar-refractivity contribution >= 4 is 17.3 Å². The molecule has 0 aliphatic carbocycles. The first-order valence-electron chi connectivity index (χ1n) is 6.96. The molecule has 0 atom stereocenters. The van der Waals surface area contributed by atoms with Crippen LogP contribution in [0.25, 0.3) is 0 Å². The third-order valence-electron chi connectivity index (χ3n) is 3.46. The lowest BCUT2D eigenvalue weighted by atomic mass is 10.0. The van der Waals surface area contributed by atoms with Gasteiger partial charge in [0.05, 0.1) is 9.85 Å². The molecular formula is C15H14N4O6. The van der Waals surface area contributed by atoms with Crippen LogP contribution in [-0.2, 0) is 21.8 Å². The SMILES string of the molecule is NC(N)(C(=O)OCc1c([N+](=O)[O-])cccc1[N+](=O)[O-])c1ccccc1. The minimum atomic E-state index is -2.00. The van der Waals surface area contributed by atoms with Crippen molar-refractivity contribution in [2.45, 2.75) is 12.3 Å². The molecule has 0 heterocycles. The Hall–Kier alpha value is -3.37. The molecule has 0 saturated heterocycles. The molecule has 4 N–H and O–H groups in total. The lowest BCUT2D eigenvalue weighted by Gasteiger charge is -2.22. The maximum Gasteiger partial charge on any atom is 0.346 e. The minimum Gasteiger partial charge on any atom is -0.458 e. The van der Waals surface area contributed by atoms with E-state index in [2.05, 4.69) is 0 Å². The van der Waals surface area contributed by atoms with E-state index >= 15 is 0 Å². The summed E-state index contributed by atoms with van der Waals surface area (Å²) in [4.78, 5) is 32.7. The molecule has 10 heteroatoms. The van der Waals surface area contributed by atoms with E-state index in [1.54, 1.807) is 18.2 Å². The van der Waals surface area contributed by atoms with Crippen LogP contribution in [0.2, 0.25) is 0 Å². The van der Waals surface area contributed by atoms with Gasteiger partial charge in [-0.05, 0) is 11.6 Å². The van der Waals surface area contributed by atoms with Gasteiger partial charge < -0.3 is 16.2 Å². The fourth-order valence-electron chi connectivity index (χ4n) is 2.14. The van der Waals surface area contributed by atoms with Gasteiger partial charge in [-0.3, -0.25) is 20.2 Å². The van der Waals surface area contributed by atoms with E-state index in [0.717, 1.165) is 12.1 Å². The maximum atomic E-state index is 12.2. The summed E-state index contributed by atoms with van der Waals surface area (Å²) in [6.45, 7) is -0.713. The predicted molar refractivity (Wildman–Crippen MR) is 86.0 cm³/mol. The van der Waals surface area contributed by atoms with E-state index in [1.165, 1.54) is 18.2 Å². The lowest BCUT2D eigenvalue weighted by Crippen LogP contribution is -2.54. The van der Waals surface area contributed by atoms with E-state index in [4.69, 9.17) is 16.2 Å². The predicted octanol–water partition coefficient (Wildman–Crippen LogP) is 1.32. The van der Waals surface area contributed by atoms with Crippen molar-refractivity contribution in [1.29, 1.82) is 0 Å². The molecule has 0 bridgehead atoms. The van der Waals surface area contributed by atoms with Crippen LogP contribution in [0.15, 0.2) is 48.5 Å². The molecule has 0 saturated carbocycles. The van der Waals surface area contributed by atoms with Crippen LogP contribution < -0.4 is 11.5 Å². The van der Waals surface area contributed by atoms with Crippen LogP contribution in [0.1, 0.15) is 11.1 Å². The molecule has 0 radical (unpaired) electrons. The van der Waals surface area contributed by atoms with Crippen molar-refractivity contribution < 1.29 is 19.4 Å². The number of nitro benzene ring substituents is 2. The molecule has 0 aliphatic rings. The van der Waals surface area contributed by atoms with Gasteiger partial charge in [0.15, 0.2) is 5.66 Å². The molecule has 0 aliphatic heterocycles.